The summed E-state index contributed by atoms with van der Waals surface area (Å²) in [5.74, 6) is 0.398. The first-order valence-corrected chi connectivity index (χ1v) is 10.5. The van der Waals surface area contributed by atoms with Gasteiger partial charge in [-0.15, -0.1) is 0 Å². The molecule has 0 N–H and O–H groups in total. The molecule has 4 unspecified atom stereocenters. The van der Waals surface area contributed by atoms with Crippen molar-refractivity contribution < 1.29 is 22.3 Å². The summed E-state index contributed by atoms with van der Waals surface area (Å²) in [6.07, 6.45) is 5.59. The number of fused-ring (bicyclic) bond motifs is 3. The number of alkyl halides is 2. The summed E-state index contributed by atoms with van der Waals surface area (Å²) in [7, 11) is 0. The van der Waals surface area contributed by atoms with Crippen LogP contribution < -0.4 is 4.74 Å². The second-order valence-electron chi connectivity index (χ2n) is 8.36. The lowest BCUT2D eigenvalue weighted by atomic mass is 9.57. The molecule has 0 saturated heterocycles. The van der Waals surface area contributed by atoms with E-state index < -0.39 is 18.2 Å². The van der Waals surface area contributed by atoms with E-state index in [-0.39, 0.29) is 17.6 Å². The molecule has 4 atom stereocenters. The number of hydrogen-bond acceptors (Lipinski definition) is 1. The number of halogens is 4. The fraction of sp³-hybridized carbons (Fsp3) is 0.500. The van der Waals surface area contributed by atoms with Gasteiger partial charge in [0.25, 0.3) is 0 Å². The van der Waals surface area contributed by atoms with Crippen LogP contribution in [0.1, 0.15) is 67.6 Å². The van der Waals surface area contributed by atoms with Crippen LogP contribution in [0.5, 0.6) is 5.75 Å². The van der Waals surface area contributed by atoms with Gasteiger partial charge in [0.15, 0.2) is 0 Å². The second-order valence-corrected chi connectivity index (χ2v) is 8.36. The lowest BCUT2D eigenvalue weighted by Gasteiger charge is -2.47. The van der Waals surface area contributed by atoms with Gasteiger partial charge in [-0.3, -0.25) is 0 Å². The molecule has 0 heterocycles. The van der Waals surface area contributed by atoms with E-state index in [9.17, 15) is 17.6 Å². The van der Waals surface area contributed by atoms with Gasteiger partial charge in [-0.2, -0.15) is 8.78 Å². The van der Waals surface area contributed by atoms with Gasteiger partial charge in [0.05, 0.1) is 0 Å². The molecule has 0 aliphatic heterocycles. The van der Waals surface area contributed by atoms with Crippen LogP contribution in [0, 0.1) is 23.5 Å². The fourth-order valence-electron chi connectivity index (χ4n) is 5.77. The topological polar surface area (TPSA) is 9.23 Å². The van der Waals surface area contributed by atoms with Gasteiger partial charge < -0.3 is 4.74 Å². The average Bonchev–Trinajstić information content (AvgIpc) is 2.68. The highest BCUT2D eigenvalue weighted by molar-refractivity contribution is 5.38. The zero-order valence-corrected chi connectivity index (χ0v) is 16.5. The SMILES string of the molecule is CCCC1CCC2c3cc(F)cc(F)c3CCC2C1c1ccc(OC(F)F)cc1. The summed E-state index contributed by atoms with van der Waals surface area (Å²) < 4.78 is 57.8. The highest BCUT2D eigenvalue weighted by atomic mass is 19.3. The van der Waals surface area contributed by atoms with E-state index in [4.69, 9.17) is 0 Å². The molecule has 156 valence electrons. The van der Waals surface area contributed by atoms with Crippen LogP contribution in [-0.2, 0) is 6.42 Å². The van der Waals surface area contributed by atoms with Crippen molar-refractivity contribution in [3.05, 3.63) is 64.7 Å². The average molecular weight is 406 g/mol. The number of ether oxygens (including phenoxy) is 1. The number of rotatable bonds is 5. The summed E-state index contributed by atoms with van der Waals surface area (Å²) in [6, 6.07) is 9.48. The highest BCUT2D eigenvalue weighted by Crippen LogP contribution is 2.55. The molecule has 5 heteroatoms. The predicted octanol–water partition coefficient (Wildman–Crippen LogP) is 7.21. The summed E-state index contributed by atoms with van der Waals surface area (Å²) >= 11 is 0. The van der Waals surface area contributed by atoms with E-state index in [0.29, 0.717) is 23.8 Å². The minimum Gasteiger partial charge on any atom is -0.435 e. The third kappa shape index (κ3) is 4.01. The van der Waals surface area contributed by atoms with Crippen molar-refractivity contribution in [3.63, 3.8) is 0 Å². The molecule has 1 saturated carbocycles. The minimum absolute atomic E-state index is 0.138. The largest absolute Gasteiger partial charge is 0.435 e. The van der Waals surface area contributed by atoms with E-state index in [2.05, 4.69) is 11.7 Å². The normalized spacial score (nSPS) is 26.1. The Hall–Kier alpha value is -2.04. The fourth-order valence-corrected chi connectivity index (χ4v) is 5.77. The van der Waals surface area contributed by atoms with Crippen LogP contribution in [0.3, 0.4) is 0 Å². The molecule has 0 aromatic heterocycles. The molecule has 29 heavy (non-hydrogen) atoms. The second kappa shape index (κ2) is 8.37. The predicted molar refractivity (Wildman–Crippen MR) is 104 cm³/mol. The first kappa shape index (κ1) is 20.2. The lowest BCUT2D eigenvalue weighted by Crippen LogP contribution is -2.35. The van der Waals surface area contributed by atoms with Crippen molar-refractivity contribution >= 4 is 0 Å². The molecule has 4 rings (SSSR count). The van der Waals surface area contributed by atoms with Crippen molar-refractivity contribution in [2.75, 3.05) is 0 Å². The summed E-state index contributed by atoms with van der Waals surface area (Å²) in [5.41, 5.74) is 2.61. The van der Waals surface area contributed by atoms with Crippen LogP contribution in [0.25, 0.3) is 0 Å². The molecule has 2 aromatic rings. The molecule has 2 aliphatic carbocycles. The Balaban J connectivity index is 1.68. The van der Waals surface area contributed by atoms with Crippen molar-refractivity contribution in [1.29, 1.82) is 0 Å². The summed E-state index contributed by atoms with van der Waals surface area (Å²) in [5, 5.41) is 0. The molecule has 0 spiro atoms. The molecule has 1 nitrogen and oxygen atoms in total. The minimum atomic E-state index is -2.84. The van der Waals surface area contributed by atoms with Crippen molar-refractivity contribution in [2.24, 2.45) is 11.8 Å². The van der Waals surface area contributed by atoms with Gasteiger partial charge in [0, 0.05) is 6.07 Å². The van der Waals surface area contributed by atoms with Crippen molar-refractivity contribution in [2.45, 2.75) is 63.9 Å². The van der Waals surface area contributed by atoms with Crippen LogP contribution in [-0.4, -0.2) is 6.61 Å². The first-order chi connectivity index (χ1) is 14.0. The Kier molecular flexibility index (Phi) is 5.84. The third-order valence-corrected chi connectivity index (χ3v) is 6.81. The van der Waals surface area contributed by atoms with Crippen LogP contribution >= 0.6 is 0 Å². The van der Waals surface area contributed by atoms with E-state index >= 15 is 0 Å². The Labute approximate surface area is 169 Å². The van der Waals surface area contributed by atoms with Gasteiger partial charge in [0.1, 0.15) is 17.4 Å². The van der Waals surface area contributed by atoms with Crippen molar-refractivity contribution in [3.8, 4) is 5.75 Å². The highest BCUT2D eigenvalue weighted by Gasteiger charge is 2.43. The molecule has 2 aliphatic rings. The third-order valence-electron chi connectivity index (χ3n) is 6.81. The van der Waals surface area contributed by atoms with Gasteiger partial charge in [-0.05, 0) is 84.2 Å². The maximum Gasteiger partial charge on any atom is 0.387 e. The summed E-state index contributed by atoms with van der Waals surface area (Å²) in [6.45, 7) is -0.670. The maximum atomic E-state index is 14.3. The summed E-state index contributed by atoms with van der Waals surface area (Å²) in [4.78, 5) is 0. The van der Waals surface area contributed by atoms with E-state index in [1.54, 1.807) is 12.1 Å². The van der Waals surface area contributed by atoms with Crippen molar-refractivity contribution in [1.82, 2.24) is 0 Å². The van der Waals surface area contributed by atoms with E-state index in [1.807, 2.05) is 12.1 Å². The first-order valence-electron chi connectivity index (χ1n) is 10.5. The molecule has 0 radical (unpaired) electrons. The van der Waals surface area contributed by atoms with E-state index in [0.717, 1.165) is 49.3 Å². The Morgan fingerprint density at radius 3 is 2.48 bits per heavy atom. The van der Waals surface area contributed by atoms with E-state index in [1.165, 1.54) is 6.07 Å². The van der Waals surface area contributed by atoms with Gasteiger partial charge in [0.2, 0.25) is 0 Å². The standard InChI is InChI=1S/C24H26F4O/c1-2-3-14-6-9-18-20(11-10-19-21(18)12-16(25)13-22(19)26)23(14)15-4-7-17(8-5-15)29-24(27)28/h4-5,7-8,12-14,18,20,23-24H,2-3,6,9-11H2,1H3. The molecular formula is C24H26F4O. The molecule has 2 aromatic carbocycles. The van der Waals surface area contributed by atoms with Crippen LogP contribution in [0.4, 0.5) is 17.6 Å². The Bertz CT molecular complexity index is 849. The molecule has 0 amide bonds. The van der Waals surface area contributed by atoms with Gasteiger partial charge in [-0.25, -0.2) is 8.78 Å². The molecular weight excluding hydrogens is 380 g/mol. The number of hydrogen-bond donors (Lipinski definition) is 0. The van der Waals surface area contributed by atoms with Crippen LogP contribution in [0.15, 0.2) is 36.4 Å². The monoisotopic (exact) mass is 406 g/mol. The van der Waals surface area contributed by atoms with Gasteiger partial charge >= 0.3 is 6.61 Å². The zero-order valence-electron chi connectivity index (χ0n) is 16.5. The molecule has 0 bridgehead atoms. The number of benzene rings is 2. The lowest BCUT2D eigenvalue weighted by molar-refractivity contribution is -0.0498. The maximum absolute atomic E-state index is 14.3. The Morgan fingerprint density at radius 2 is 1.79 bits per heavy atom. The van der Waals surface area contributed by atoms with Gasteiger partial charge in [-0.1, -0.05) is 31.9 Å². The molecule has 1 fully saturated rings. The smallest absolute Gasteiger partial charge is 0.387 e. The quantitative estimate of drug-likeness (QED) is 0.477. The van der Waals surface area contributed by atoms with Crippen LogP contribution in [0.2, 0.25) is 0 Å². The zero-order chi connectivity index (χ0) is 20.5. The Morgan fingerprint density at radius 1 is 1.03 bits per heavy atom.